The predicted octanol–water partition coefficient (Wildman–Crippen LogP) is 3.22. The van der Waals surface area contributed by atoms with Gasteiger partial charge >= 0.3 is 0 Å². The number of H-pyrrole nitrogens is 1. The Kier molecular flexibility index (Phi) is 2.80. The molecule has 2 heterocycles. The summed E-state index contributed by atoms with van der Waals surface area (Å²) >= 11 is 6.22. The van der Waals surface area contributed by atoms with Gasteiger partial charge in [0.15, 0.2) is 0 Å². The van der Waals surface area contributed by atoms with Crippen molar-refractivity contribution in [3.63, 3.8) is 0 Å². The number of hydrogen-bond acceptors (Lipinski definition) is 3. The molecule has 1 aromatic heterocycles. The van der Waals surface area contributed by atoms with Crippen LogP contribution in [0.5, 0.6) is 5.75 Å². The quantitative estimate of drug-likeness (QED) is 0.653. The summed E-state index contributed by atoms with van der Waals surface area (Å²) in [4.78, 5) is 29.3. The molecule has 3 aliphatic carbocycles. The molecule has 6 rings (SSSR count). The maximum atomic E-state index is 13.2. The Bertz CT molecular complexity index is 928. The molecule has 0 unspecified atom stereocenters. The van der Waals surface area contributed by atoms with Gasteiger partial charge in [-0.2, -0.15) is 0 Å². The van der Waals surface area contributed by atoms with E-state index in [4.69, 9.17) is 11.6 Å². The number of nitrogens with zero attached hydrogens (tertiary/aromatic N) is 1. The van der Waals surface area contributed by atoms with Crippen molar-refractivity contribution in [2.75, 3.05) is 17.3 Å². The second-order valence-electron chi connectivity index (χ2n) is 8.11. The molecule has 3 fully saturated rings. The summed E-state index contributed by atoms with van der Waals surface area (Å²) < 4.78 is 0. The van der Waals surface area contributed by atoms with Crippen molar-refractivity contribution in [1.82, 2.24) is 4.98 Å². The van der Waals surface area contributed by atoms with E-state index < -0.39 is 0 Å². The lowest BCUT2D eigenvalue weighted by molar-refractivity contribution is -0.197. The van der Waals surface area contributed by atoms with E-state index in [1.54, 1.807) is 11.0 Å². The number of benzene rings is 1. The van der Waals surface area contributed by atoms with Crippen LogP contribution < -0.4 is 4.90 Å². The van der Waals surface area contributed by atoms with Gasteiger partial charge in [-0.25, -0.2) is 0 Å². The van der Waals surface area contributed by atoms with Crippen LogP contribution in [0.4, 0.5) is 5.69 Å². The number of anilines is 1. The van der Waals surface area contributed by atoms with E-state index in [2.05, 4.69) is 4.98 Å². The molecule has 0 saturated heterocycles. The van der Waals surface area contributed by atoms with Crippen LogP contribution in [0.2, 0.25) is 0 Å². The fraction of sp³-hybridized carbons (Fsp3) is 0.474. The van der Waals surface area contributed by atoms with Crippen LogP contribution in [0.1, 0.15) is 36.3 Å². The zero-order valence-electron chi connectivity index (χ0n) is 13.9. The first-order valence-corrected chi connectivity index (χ1v) is 9.15. The highest BCUT2D eigenvalue weighted by atomic mass is 35.5. The van der Waals surface area contributed by atoms with Crippen molar-refractivity contribution in [1.29, 1.82) is 0 Å². The number of phenolic OH excluding ortho intramolecular Hbond substituents is 1. The van der Waals surface area contributed by atoms with Crippen molar-refractivity contribution >= 4 is 40.4 Å². The molecule has 2 bridgehead atoms. The van der Waals surface area contributed by atoms with E-state index in [-0.39, 0.29) is 28.4 Å². The van der Waals surface area contributed by atoms with Gasteiger partial charge < -0.3 is 19.8 Å². The van der Waals surface area contributed by atoms with E-state index in [9.17, 15) is 14.7 Å². The van der Waals surface area contributed by atoms with E-state index in [1.807, 2.05) is 13.1 Å². The number of alkyl halides is 1. The van der Waals surface area contributed by atoms with Gasteiger partial charge in [0.05, 0.1) is 16.6 Å². The summed E-state index contributed by atoms with van der Waals surface area (Å²) in [7, 11) is 0. The summed E-state index contributed by atoms with van der Waals surface area (Å²) in [5.74, 6) is 0.700. The number of aromatic hydroxyl groups is 1. The largest absolute Gasteiger partial charge is 0.506 e. The minimum absolute atomic E-state index is 0.0468. The van der Waals surface area contributed by atoms with Crippen LogP contribution in [-0.2, 0) is 9.59 Å². The number of phenols is 1. The van der Waals surface area contributed by atoms with Crippen LogP contribution in [0.3, 0.4) is 0 Å². The van der Waals surface area contributed by atoms with Gasteiger partial charge in [0, 0.05) is 41.4 Å². The lowest BCUT2D eigenvalue weighted by Crippen LogP contribution is -2.68. The van der Waals surface area contributed by atoms with Crippen molar-refractivity contribution in [3.8, 4) is 5.75 Å². The first kappa shape index (κ1) is 15.3. The number of aryl methyl sites for hydroxylation is 1. The first-order valence-electron chi connectivity index (χ1n) is 8.61. The lowest BCUT2D eigenvalue weighted by Gasteiger charge is -2.67. The first-order chi connectivity index (χ1) is 11.9. The Morgan fingerprint density at radius 1 is 1.48 bits per heavy atom. The summed E-state index contributed by atoms with van der Waals surface area (Å²) in [6, 6.07) is 1.68. The molecule has 5 nitrogen and oxygen atoms in total. The topological polar surface area (TPSA) is 73.4 Å². The zero-order valence-corrected chi connectivity index (χ0v) is 14.7. The van der Waals surface area contributed by atoms with E-state index in [0.717, 1.165) is 28.5 Å². The van der Waals surface area contributed by atoms with Crippen LogP contribution in [0.15, 0.2) is 12.3 Å². The number of hydrogen-bond donors (Lipinski definition) is 2. The van der Waals surface area contributed by atoms with E-state index in [1.165, 1.54) is 0 Å². The monoisotopic (exact) mass is 358 g/mol. The predicted molar refractivity (Wildman–Crippen MR) is 95.3 cm³/mol. The maximum Gasteiger partial charge on any atom is 0.233 e. The Labute approximate surface area is 149 Å². The van der Waals surface area contributed by atoms with Gasteiger partial charge in [-0.3, -0.25) is 4.79 Å². The molecule has 0 spiro atoms. The van der Waals surface area contributed by atoms with Crippen LogP contribution in [0, 0.1) is 17.8 Å². The van der Waals surface area contributed by atoms with Gasteiger partial charge in [0.2, 0.25) is 5.91 Å². The van der Waals surface area contributed by atoms with Gasteiger partial charge in [-0.05, 0) is 37.3 Å². The molecule has 3 saturated carbocycles. The molecule has 2 N–H and O–H groups in total. The van der Waals surface area contributed by atoms with Gasteiger partial charge in [0.1, 0.15) is 12.0 Å². The highest BCUT2D eigenvalue weighted by molar-refractivity contribution is 6.19. The maximum absolute atomic E-state index is 13.2. The fourth-order valence-electron chi connectivity index (χ4n) is 5.35. The van der Waals surface area contributed by atoms with E-state index >= 15 is 0 Å². The molecule has 1 aliphatic heterocycles. The van der Waals surface area contributed by atoms with Crippen molar-refractivity contribution in [2.45, 2.75) is 32.1 Å². The fourth-order valence-corrected chi connectivity index (χ4v) is 5.60. The molecule has 1 amide bonds. The average Bonchev–Trinajstić information content (AvgIpc) is 3.06. The van der Waals surface area contributed by atoms with Crippen LogP contribution >= 0.6 is 11.6 Å². The number of carbonyl (C=O) groups excluding carboxylic acids is 2. The third-order valence-corrected chi connectivity index (χ3v) is 6.83. The van der Waals surface area contributed by atoms with Gasteiger partial charge in [0.25, 0.3) is 0 Å². The Balaban J connectivity index is 1.61. The van der Waals surface area contributed by atoms with Crippen molar-refractivity contribution < 1.29 is 14.7 Å². The molecular weight excluding hydrogens is 340 g/mol. The standard InChI is InChI=1S/C19H19ClN2O3/c1-10-4-21-16-13(24)2-12-15(14(10)16)11(3-20)5-22(12)17(25)19-6-18(7-19,8-19)9-23/h2,4,9,11,21,24H,3,5-8H2,1H3/t11-,18?,19?/m1/s1. The summed E-state index contributed by atoms with van der Waals surface area (Å²) in [6.07, 6.45) is 4.88. The summed E-state index contributed by atoms with van der Waals surface area (Å²) in [5, 5.41) is 11.4. The third-order valence-electron chi connectivity index (χ3n) is 6.46. The molecule has 130 valence electrons. The number of aldehydes is 1. The molecule has 25 heavy (non-hydrogen) atoms. The molecule has 4 aliphatic rings. The Morgan fingerprint density at radius 2 is 2.20 bits per heavy atom. The Morgan fingerprint density at radius 3 is 2.84 bits per heavy atom. The summed E-state index contributed by atoms with van der Waals surface area (Å²) in [6.45, 7) is 2.53. The normalized spacial score (nSPS) is 32.2. The molecule has 1 aromatic carbocycles. The number of fused-ring (bicyclic) bond motifs is 3. The number of aromatic amines is 1. The van der Waals surface area contributed by atoms with Crippen molar-refractivity contribution in [3.05, 3.63) is 23.4 Å². The SMILES string of the molecule is Cc1c[nH]c2c(O)cc3c(c12)[C@H](CCl)CN3C(=O)C12CC(C=O)(C1)C2. The van der Waals surface area contributed by atoms with Crippen LogP contribution in [-0.4, -0.2) is 34.7 Å². The number of carbonyl (C=O) groups is 2. The molecule has 0 radical (unpaired) electrons. The number of amides is 1. The minimum atomic E-state index is -0.378. The van der Waals surface area contributed by atoms with Crippen LogP contribution in [0.25, 0.3) is 10.9 Å². The lowest BCUT2D eigenvalue weighted by atomic mass is 9.35. The summed E-state index contributed by atoms with van der Waals surface area (Å²) in [5.41, 5.74) is 2.94. The number of halogens is 1. The van der Waals surface area contributed by atoms with Gasteiger partial charge in [-0.1, -0.05) is 0 Å². The molecule has 1 atom stereocenters. The number of nitrogens with one attached hydrogen (secondary N) is 1. The van der Waals surface area contributed by atoms with E-state index in [0.29, 0.717) is 37.2 Å². The average molecular weight is 359 g/mol. The highest BCUT2D eigenvalue weighted by Gasteiger charge is 2.72. The zero-order chi connectivity index (χ0) is 17.6. The number of rotatable bonds is 3. The molecule has 6 heteroatoms. The smallest absolute Gasteiger partial charge is 0.233 e. The Hall–Kier alpha value is -2.01. The second-order valence-corrected chi connectivity index (χ2v) is 8.42. The second kappa shape index (κ2) is 4.58. The van der Waals surface area contributed by atoms with Gasteiger partial charge in [-0.15, -0.1) is 11.6 Å². The minimum Gasteiger partial charge on any atom is -0.506 e. The molecule has 2 aromatic rings. The van der Waals surface area contributed by atoms with Crippen molar-refractivity contribution in [2.24, 2.45) is 10.8 Å². The molecular formula is C19H19ClN2O3. The third kappa shape index (κ3) is 1.70. The number of aromatic nitrogens is 1. The highest BCUT2D eigenvalue weighted by Crippen LogP contribution is 2.73.